The number of para-hydroxylation sites is 1. The molecule has 0 amide bonds. The van der Waals surface area contributed by atoms with Crippen molar-refractivity contribution >= 4 is 47.3 Å². The molecule has 25 heavy (non-hydrogen) atoms. The first-order valence-electron chi connectivity index (χ1n) is 7.68. The van der Waals surface area contributed by atoms with E-state index in [2.05, 4.69) is 9.98 Å². The summed E-state index contributed by atoms with van der Waals surface area (Å²) in [6.07, 6.45) is 7.04. The van der Waals surface area contributed by atoms with Gasteiger partial charge >= 0.3 is 5.95 Å². The van der Waals surface area contributed by atoms with E-state index in [4.69, 9.17) is 16.0 Å². The van der Waals surface area contributed by atoms with Gasteiger partial charge < -0.3 is 9.52 Å². The molecule has 1 aromatic heterocycles. The second-order valence-corrected chi connectivity index (χ2v) is 5.94. The highest BCUT2D eigenvalue weighted by molar-refractivity contribution is 6.30. The summed E-state index contributed by atoms with van der Waals surface area (Å²) in [5, 5.41) is 10.7. The standard InChI is InChI=1S/C20H13ClN2O2/c21-15-8-5-13(6-9-15)7-10-19-23-18(20(24)25-19)11-14-12-22-17-4-2-1-3-16(14)17/h1-12,24H. The number of allylic oxidation sites excluding steroid dienone is 1. The smallest absolute Gasteiger partial charge is 0.310 e. The quantitative estimate of drug-likeness (QED) is 0.683. The number of oxazole rings is 1. The number of benzene rings is 2. The van der Waals surface area contributed by atoms with Crippen molar-refractivity contribution in [3.05, 3.63) is 76.3 Å². The Morgan fingerprint density at radius 1 is 1.00 bits per heavy atom. The van der Waals surface area contributed by atoms with Crippen LogP contribution in [-0.4, -0.2) is 16.3 Å². The minimum atomic E-state index is -0.221. The molecule has 1 N–H and O–H groups in total. The molecule has 1 aliphatic heterocycles. The van der Waals surface area contributed by atoms with Crippen LogP contribution in [0.5, 0.6) is 5.95 Å². The van der Waals surface area contributed by atoms with Gasteiger partial charge in [0.15, 0.2) is 0 Å². The van der Waals surface area contributed by atoms with E-state index in [1.54, 1.807) is 30.5 Å². The normalized spacial score (nSPS) is 14.5. The highest BCUT2D eigenvalue weighted by Gasteiger charge is 2.14. The van der Waals surface area contributed by atoms with Crippen molar-refractivity contribution < 1.29 is 9.52 Å². The highest BCUT2D eigenvalue weighted by atomic mass is 35.5. The van der Waals surface area contributed by atoms with E-state index in [9.17, 15) is 5.11 Å². The minimum Gasteiger partial charge on any atom is -0.479 e. The van der Waals surface area contributed by atoms with Crippen LogP contribution in [-0.2, 0) is 0 Å². The van der Waals surface area contributed by atoms with Crippen LogP contribution in [0.4, 0.5) is 5.69 Å². The van der Waals surface area contributed by atoms with Gasteiger partial charge in [-0.05, 0) is 35.9 Å². The summed E-state index contributed by atoms with van der Waals surface area (Å²) >= 11 is 5.86. The fourth-order valence-corrected chi connectivity index (χ4v) is 2.67. The molecule has 0 fully saturated rings. The largest absolute Gasteiger partial charge is 0.479 e. The van der Waals surface area contributed by atoms with Gasteiger partial charge in [0.1, 0.15) is 5.69 Å². The molecule has 0 aliphatic carbocycles. The second-order valence-electron chi connectivity index (χ2n) is 5.50. The second kappa shape index (κ2) is 6.42. The molecular formula is C20H13ClN2O2. The van der Waals surface area contributed by atoms with E-state index >= 15 is 0 Å². The number of halogens is 1. The van der Waals surface area contributed by atoms with E-state index in [0.717, 1.165) is 22.4 Å². The molecule has 4 rings (SSSR count). The van der Waals surface area contributed by atoms with E-state index < -0.39 is 0 Å². The molecule has 4 nitrogen and oxygen atoms in total. The Kier molecular flexibility index (Phi) is 3.96. The van der Waals surface area contributed by atoms with Gasteiger partial charge in [0, 0.05) is 28.4 Å². The number of aliphatic imine (C=N–C) groups is 1. The van der Waals surface area contributed by atoms with Crippen LogP contribution in [0.1, 0.15) is 22.7 Å². The van der Waals surface area contributed by atoms with Crippen LogP contribution >= 0.6 is 11.6 Å². The highest BCUT2D eigenvalue weighted by Crippen LogP contribution is 2.33. The summed E-state index contributed by atoms with van der Waals surface area (Å²) in [6, 6.07) is 15.2. The molecule has 1 aliphatic rings. The predicted molar refractivity (Wildman–Crippen MR) is 101 cm³/mol. The summed E-state index contributed by atoms with van der Waals surface area (Å²) in [7, 11) is 0. The zero-order valence-electron chi connectivity index (χ0n) is 13.1. The first-order chi connectivity index (χ1) is 12.2. The van der Waals surface area contributed by atoms with Crippen molar-refractivity contribution in [1.29, 1.82) is 0 Å². The van der Waals surface area contributed by atoms with Crippen molar-refractivity contribution in [1.82, 2.24) is 4.98 Å². The number of aromatic hydroxyl groups is 1. The van der Waals surface area contributed by atoms with Crippen molar-refractivity contribution in [3.63, 3.8) is 0 Å². The third kappa shape index (κ3) is 3.25. The molecule has 5 heteroatoms. The molecule has 0 saturated carbocycles. The average Bonchev–Trinajstić information content (AvgIpc) is 3.19. The van der Waals surface area contributed by atoms with Crippen molar-refractivity contribution in [2.45, 2.75) is 0 Å². The maximum absolute atomic E-state index is 10.0. The molecular weight excluding hydrogens is 336 g/mol. The Morgan fingerprint density at radius 2 is 1.80 bits per heavy atom. The van der Waals surface area contributed by atoms with Crippen LogP contribution < -0.4 is 0 Å². The summed E-state index contributed by atoms with van der Waals surface area (Å²) in [5.74, 6) is 0.101. The molecule has 0 unspecified atom stereocenters. The lowest BCUT2D eigenvalue weighted by molar-refractivity contribution is 0.328. The Balaban J connectivity index is 1.60. The summed E-state index contributed by atoms with van der Waals surface area (Å²) in [5.41, 5.74) is 4.11. The lowest BCUT2D eigenvalue weighted by Gasteiger charge is -1.97. The van der Waals surface area contributed by atoms with E-state index in [0.29, 0.717) is 16.6 Å². The Bertz CT molecular complexity index is 1010. The lowest BCUT2D eigenvalue weighted by Crippen LogP contribution is -1.81. The van der Waals surface area contributed by atoms with Crippen molar-refractivity contribution in [2.24, 2.45) is 4.99 Å². The Morgan fingerprint density at radius 3 is 2.64 bits per heavy atom. The number of hydrogen-bond acceptors (Lipinski definition) is 4. The molecule has 2 aromatic carbocycles. The first-order valence-corrected chi connectivity index (χ1v) is 8.05. The van der Waals surface area contributed by atoms with Gasteiger partial charge in [-0.1, -0.05) is 41.9 Å². The third-order valence-electron chi connectivity index (χ3n) is 3.79. The van der Waals surface area contributed by atoms with Gasteiger partial charge in [-0.25, -0.2) is 4.98 Å². The molecule has 0 saturated heterocycles. The van der Waals surface area contributed by atoms with Crippen LogP contribution in [0.15, 0.2) is 57.9 Å². The SMILES string of the molecule is Oc1oc(C=Cc2ccc(Cl)cc2)nc1C=C1C=Nc2ccccc21. The minimum absolute atomic E-state index is 0.221. The summed E-state index contributed by atoms with van der Waals surface area (Å²) < 4.78 is 5.30. The van der Waals surface area contributed by atoms with Crippen LogP contribution in [0.3, 0.4) is 0 Å². The van der Waals surface area contributed by atoms with E-state index in [1.165, 1.54) is 0 Å². The van der Waals surface area contributed by atoms with Gasteiger partial charge in [0.2, 0.25) is 5.89 Å². The monoisotopic (exact) mass is 348 g/mol. The number of fused-ring (bicyclic) bond motifs is 1. The van der Waals surface area contributed by atoms with Gasteiger partial charge in [0.05, 0.1) is 5.69 Å². The fraction of sp³-hybridized carbons (Fsp3) is 0. The third-order valence-corrected chi connectivity index (χ3v) is 4.04. The zero-order valence-corrected chi connectivity index (χ0v) is 13.8. The van der Waals surface area contributed by atoms with Gasteiger partial charge in [0.25, 0.3) is 0 Å². The maximum atomic E-state index is 10.0. The molecule has 0 atom stereocenters. The topological polar surface area (TPSA) is 58.6 Å². The van der Waals surface area contributed by atoms with Crippen molar-refractivity contribution in [2.75, 3.05) is 0 Å². The number of nitrogens with zero attached hydrogens (tertiary/aromatic N) is 2. The van der Waals surface area contributed by atoms with Gasteiger partial charge in [-0.3, -0.25) is 4.99 Å². The summed E-state index contributed by atoms with van der Waals surface area (Å²) in [6.45, 7) is 0. The van der Waals surface area contributed by atoms with Crippen molar-refractivity contribution in [3.8, 4) is 5.95 Å². The number of rotatable bonds is 3. The van der Waals surface area contributed by atoms with Crippen LogP contribution in [0.25, 0.3) is 23.8 Å². The number of aromatic nitrogens is 1. The molecule has 122 valence electrons. The predicted octanol–water partition coefficient (Wildman–Crippen LogP) is 5.46. The Hall–Kier alpha value is -3.11. The van der Waals surface area contributed by atoms with Gasteiger partial charge in [-0.2, -0.15) is 0 Å². The fourth-order valence-electron chi connectivity index (χ4n) is 2.55. The zero-order chi connectivity index (χ0) is 17.2. The number of hydrogen-bond donors (Lipinski definition) is 1. The molecule has 0 bridgehead atoms. The van der Waals surface area contributed by atoms with Gasteiger partial charge in [-0.15, -0.1) is 0 Å². The van der Waals surface area contributed by atoms with E-state index in [-0.39, 0.29) is 5.95 Å². The van der Waals surface area contributed by atoms with Crippen LogP contribution in [0.2, 0.25) is 5.02 Å². The first kappa shape index (κ1) is 15.4. The molecule has 2 heterocycles. The molecule has 0 spiro atoms. The maximum Gasteiger partial charge on any atom is 0.310 e. The summed E-state index contributed by atoms with van der Waals surface area (Å²) in [4.78, 5) is 8.65. The van der Waals surface area contributed by atoms with Crippen LogP contribution in [0, 0.1) is 0 Å². The molecule has 3 aromatic rings. The molecule has 0 radical (unpaired) electrons. The lowest BCUT2D eigenvalue weighted by atomic mass is 10.1. The average molecular weight is 349 g/mol. The Labute approximate surface area is 149 Å². The van der Waals surface area contributed by atoms with E-state index in [1.807, 2.05) is 42.5 Å².